The number of aromatic nitrogens is 1. The second-order valence-electron chi connectivity index (χ2n) is 22.6. The number of aliphatic imine (C=N–C) groups is 1. The molecule has 4 aromatic carbocycles. The van der Waals surface area contributed by atoms with Crippen LogP contribution in [0.15, 0.2) is 100 Å². The van der Waals surface area contributed by atoms with Crippen LogP contribution in [0.4, 0.5) is 5.69 Å². The van der Waals surface area contributed by atoms with Gasteiger partial charge in [0.1, 0.15) is 23.6 Å². The summed E-state index contributed by atoms with van der Waals surface area (Å²) in [6, 6.07) is 25.9. The average Bonchev–Trinajstić information content (AvgIpc) is 3.35. The lowest BCUT2D eigenvalue weighted by Crippen LogP contribution is -2.55. The Labute approximate surface area is 487 Å². The monoisotopic (exact) mass is 1130 g/mol. The van der Waals surface area contributed by atoms with E-state index in [1.54, 1.807) is 11.0 Å². The fourth-order valence-electron chi connectivity index (χ4n) is 12.0. The third-order valence-electron chi connectivity index (χ3n) is 16.5. The molecule has 440 valence electrons. The molecule has 0 bridgehead atoms. The number of aromatic amines is 1. The largest absolute Gasteiger partial charge is 0.494 e. The number of unbranched alkanes of at least 4 members (excludes halogenated alkanes) is 1. The molecule has 0 radical (unpaired) electrons. The number of benzene rings is 4. The maximum atomic E-state index is 14.3. The van der Waals surface area contributed by atoms with Gasteiger partial charge in [0.15, 0.2) is 0 Å². The lowest BCUT2D eigenvalue weighted by atomic mass is 9.95. The van der Waals surface area contributed by atoms with Crippen molar-refractivity contribution in [3.63, 3.8) is 0 Å². The summed E-state index contributed by atoms with van der Waals surface area (Å²) < 4.78 is 24.3. The van der Waals surface area contributed by atoms with Crippen LogP contribution in [0, 0.1) is 26.7 Å². The van der Waals surface area contributed by atoms with Gasteiger partial charge in [-0.1, -0.05) is 56.3 Å². The zero-order chi connectivity index (χ0) is 58.7. The highest BCUT2D eigenvalue weighted by Crippen LogP contribution is 2.36. The van der Waals surface area contributed by atoms with Crippen LogP contribution in [0.5, 0.6) is 11.5 Å². The maximum absolute atomic E-state index is 14.3. The van der Waals surface area contributed by atoms with E-state index in [2.05, 4.69) is 38.5 Å². The molecule has 83 heavy (non-hydrogen) atoms. The number of ether oxygens (including phenoxy) is 4. The van der Waals surface area contributed by atoms with E-state index >= 15 is 0 Å². The molecular weight excluding hydrogens is 1050 g/mol. The lowest BCUT2D eigenvalue weighted by Gasteiger charge is -2.37. The van der Waals surface area contributed by atoms with Crippen molar-refractivity contribution in [3.8, 4) is 22.6 Å². The molecule has 3 atom stereocenters. The number of nitrogens with zero attached hydrogens (tertiary/aromatic N) is 4. The Hall–Kier alpha value is -7.60. The number of carbonyl (C=O) groups excluding carboxylic acids is 4. The van der Waals surface area contributed by atoms with Gasteiger partial charge in [-0.3, -0.25) is 29.0 Å². The van der Waals surface area contributed by atoms with Crippen molar-refractivity contribution in [3.05, 3.63) is 151 Å². The number of carbonyl (C=O) groups is 4. The molecule has 17 heteroatoms. The van der Waals surface area contributed by atoms with Gasteiger partial charge in [-0.15, -0.1) is 0 Å². The van der Waals surface area contributed by atoms with Crippen LogP contribution in [-0.2, 0) is 38.7 Å². The molecule has 5 aromatic rings. The molecule has 0 saturated carbocycles. The summed E-state index contributed by atoms with van der Waals surface area (Å²) in [6.45, 7) is 18.4. The van der Waals surface area contributed by atoms with E-state index in [0.29, 0.717) is 81.5 Å². The summed E-state index contributed by atoms with van der Waals surface area (Å²) in [5.74, 6) is -0.0407. The Kier molecular flexibility index (Phi) is 20.0. The van der Waals surface area contributed by atoms with Crippen molar-refractivity contribution < 1.29 is 43.2 Å². The number of rotatable bonds is 25. The molecule has 1 unspecified atom stereocenters. The van der Waals surface area contributed by atoms with E-state index in [1.165, 1.54) is 4.90 Å². The molecule has 4 aliphatic heterocycles. The minimum absolute atomic E-state index is 0.00168. The zero-order valence-corrected chi connectivity index (χ0v) is 49.2. The average molecular weight is 1130 g/mol. The summed E-state index contributed by atoms with van der Waals surface area (Å²) in [4.78, 5) is 81.4. The van der Waals surface area contributed by atoms with Crippen molar-refractivity contribution in [2.24, 2.45) is 10.9 Å². The summed E-state index contributed by atoms with van der Waals surface area (Å²) in [5, 5.41) is 16.9. The Morgan fingerprint density at radius 1 is 0.843 bits per heavy atom. The van der Waals surface area contributed by atoms with Crippen molar-refractivity contribution >= 4 is 41.1 Å². The Morgan fingerprint density at radius 3 is 2.30 bits per heavy atom. The third kappa shape index (κ3) is 14.3. The smallest absolute Gasteiger partial charge is 0.255 e. The first kappa shape index (κ1) is 60.0. The predicted octanol–water partition coefficient (Wildman–Crippen LogP) is 9.01. The third-order valence-corrected chi connectivity index (χ3v) is 16.5. The maximum Gasteiger partial charge on any atom is 0.255 e. The molecule has 1 aromatic heterocycles. The standard InChI is InChI=1S/C66H81N7O10/c1-8-71(51-23-30-81-31-24-51)58-34-50(33-56(44(58)6)62(75)69-38-57-42(4)32-43(5)70-63(57)76)46-18-20-53(21-19-46)82-28-12-11-26-80-27-13-29-83-60-35-47(54-22-25-67-45(54)7)16-17-48(60)37-68-64(77)59-36-52(74)40-72(59)66(79)61(41(2)3)73-39-49-14-9-10-15-55(49)65(73)78/h9-10,14-21,25,32-35,41,51-52,59,61,74H,8,11-13,22-24,26-31,36-40H2,1-7H3,(H,68,77)(H,69,75)(H,70,76)/t52-,59?,61+/m1/s1. The van der Waals surface area contributed by atoms with Crippen LogP contribution in [0.25, 0.3) is 16.7 Å². The molecule has 4 amide bonds. The number of H-pyrrole nitrogens is 1. The lowest BCUT2D eigenvalue weighted by molar-refractivity contribution is -0.143. The highest BCUT2D eigenvalue weighted by molar-refractivity contribution is 6.02. The molecule has 4 N–H and O–H groups in total. The normalized spacial score (nSPS) is 17.3. The molecular formula is C66H81N7O10. The second kappa shape index (κ2) is 27.7. The number of pyridine rings is 1. The number of aliphatic hydroxyl groups excluding tert-OH is 1. The van der Waals surface area contributed by atoms with Gasteiger partial charge in [-0.05, 0) is 148 Å². The number of nitrogens with one attached hydrogen (secondary N) is 3. The van der Waals surface area contributed by atoms with E-state index in [4.69, 9.17) is 18.9 Å². The van der Waals surface area contributed by atoms with Crippen molar-refractivity contribution in [2.75, 3.05) is 57.6 Å². The van der Waals surface area contributed by atoms with Crippen LogP contribution in [0.2, 0.25) is 0 Å². The van der Waals surface area contributed by atoms with Gasteiger partial charge in [-0.25, -0.2) is 0 Å². The highest BCUT2D eigenvalue weighted by atomic mass is 16.5. The first-order valence-electron chi connectivity index (χ1n) is 29.5. The minimum Gasteiger partial charge on any atom is -0.494 e. The van der Waals surface area contributed by atoms with Gasteiger partial charge in [0.2, 0.25) is 11.8 Å². The van der Waals surface area contributed by atoms with Gasteiger partial charge in [0, 0.05) is 130 Å². The van der Waals surface area contributed by atoms with E-state index in [0.717, 1.165) is 99.6 Å². The van der Waals surface area contributed by atoms with E-state index in [9.17, 15) is 29.1 Å². The summed E-state index contributed by atoms with van der Waals surface area (Å²) in [5.41, 5.74) is 11.5. The van der Waals surface area contributed by atoms with Crippen LogP contribution in [-0.4, -0.2) is 127 Å². The van der Waals surface area contributed by atoms with Crippen molar-refractivity contribution in [1.29, 1.82) is 0 Å². The number of aliphatic hydroxyl groups is 1. The number of hydrogen-bond donors (Lipinski definition) is 4. The van der Waals surface area contributed by atoms with Gasteiger partial charge in [0.25, 0.3) is 17.4 Å². The summed E-state index contributed by atoms with van der Waals surface area (Å²) >= 11 is 0. The molecule has 4 aliphatic rings. The van der Waals surface area contributed by atoms with E-state index < -0.39 is 18.2 Å². The molecule has 2 saturated heterocycles. The number of hydrogen-bond acceptors (Lipinski definition) is 12. The number of amides is 4. The highest BCUT2D eigenvalue weighted by Gasteiger charge is 2.46. The number of anilines is 1. The van der Waals surface area contributed by atoms with Gasteiger partial charge in [-0.2, -0.15) is 0 Å². The van der Waals surface area contributed by atoms with E-state index in [-0.39, 0.29) is 67.2 Å². The zero-order valence-electron chi connectivity index (χ0n) is 49.2. The fourth-order valence-corrected chi connectivity index (χ4v) is 12.0. The first-order valence-corrected chi connectivity index (χ1v) is 29.5. The predicted molar refractivity (Wildman–Crippen MR) is 322 cm³/mol. The molecule has 17 nitrogen and oxygen atoms in total. The summed E-state index contributed by atoms with van der Waals surface area (Å²) in [7, 11) is 0. The summed E-state index contributed by atoms with van der Waals surface area (Å²) in [6.07, 6.45) is 5.87. The van der Waals surface area contributed by atoms with Gasteiger partial charge >= 0.3 is 0 Å². The van der Waals surface area contributed by atoms with Crippen LogP contribution in [0.3, 0.4) is 0 Å². The fraction of sp³-hybridized carbons (Fsp3) is 0.455. The molecule has 0 spiro atoms. The Morgan fingerprint density at radius 2 is 1.58 bits per heavy atom. The molecule has 9 rings (SSSR count). The minimum atomic E-state index is -0.908. The van der Waals surface area contributed by atoms with Crippen molar-refractivity contribution in [1.82, 2.24) is 25.4 Å². The Balaban J connectivity index is 0.753. The van der Waals surface area contributed by atoms with Gasteiger partial charge < -0.3 is 54.4 Å². The number of β-amino-alcohol motifs (C(OH)–C–C–N with tert-alkyl or cyclic N) is 1. The Bertz CT molecular complexity index is 3270. The van der Waals surface area contributed by atoms with E-state index in [1.807, 2.05) is 121 Å². The van der Waals surface area contributed by atoms with Crippen LogP contribution in [0.1, 0.15) is 132 Å². The number of fused-ring (bicyclic) bond motifs is 1. The number of aryl methyl sites for hydroxylation is 2. The number of likely N-dealkylation sites (tertiary alicyclic amines) is 1. The van der Waals surface area contributed by atoms with Crippen LogP contribution < -0.4 is 30.6 Å². The SMILES string of the molecule is CCN(c1cc(-c2ccc(OCCCCOCCCOc3cc(C4=C(C)N=CC4)ccc3CNC(=O)C3C[C@@H](O)CN3C(=O)[C@H](C(C)C)N3Cc4ccccc4C3=O)cc2)cc(C(=O)NCc2c(C)cc(C)[nH]c2=O)c1C)C1CCOCC1. The van der Waals surface area contributed by atoms with Gasteiger partial charge in [0.05, 0.1) is 19.3 Å². The topological polar surface area (TPSA) is 204 Å². The molecule has 0 aliphatic carbocycles. The second-order valence-corrected chi connectivity index (χ2v) is 22.6. The molecule has 2 fully saturated rings. The first-order chi connectivity index (χ1) is 40.1. The quantitative estimate of drug-likeness (QED) is 0.0406. The van der Waals surface area contributed by atoms with Crippen LogP contribution >= 0.6 is 0 Å². The number of allylic oxidation sites excluding steroid dienone is 2. The molecule has 5 heterocycles. The van der Waals surface area contributed by atoms with Crippen molar-refractivity contribution in [2.45, 2.75) is 137 Å².